The molecule has 0 spiro atoms. The molecule has 2 aromatic rings. The zero-order valence-corrected chi connectivity index (χ0v) is 11.8. The quantitative estimate of drug-likeness (QED) is 0.881. The Bertz CT molecular complexity index is 565. The van der Waals surface area contributed by atoms with Crippen molar-refractivity contribution in [1.82, 2.24) is 5.32 Å². The first-order valence-corrected chi connectivity index (χ1v) is 7.29. The van der Waals surface area contributed by atoms with E-state index in [2.05, 4.69) is 5.32 Å². The van der Waals surface area contributed by atoms with E-state index in [0.717, 1.165) is 16.4 Å². The molecule has 4 nitrogen and oxygen atoms in total. The van der Waals surface area contributed by atoms with Crippen LogP contribution in [-0.2, 0) is 23.1 Å². The van der Waals surface area contributed by atoms with Gasteiger partial charge in [-0.05, 0) is 37.4 Å². The number of hydrogen-bond acceptors (Lipinski definition) is 4. The Labute approximate surface area is 115 Å². The van der Waals surface area contributed by atoms with Crippen LogP contribution in [0.1, 0.15) is 11.5 Å². The van der Waals surface area contributed by atoms with Crippen LogP contribution in [0.2, 0.25) is 0 Å². The zero-order valence-electron chi connectivity index (χ0n) is 11.0. The maximum Gasteiger partial charge on any atom is 0.120 e. The van der Waals surface area contributed by atoms with Crippen molar-refractivity contribution in [3.8, 4) is 5.75 Å². The standard InChI is InChI=1S/C14H17NO3S/c1-15-9-12-6-7-13(18-12)10-19(16)14-5-3-4-11(8-14)17-2/h3-8,15H,9-10H2,1-2H3. The topological polar surface area (TPSA) is 51.5 Å². The molecule has 19 heavy (non-hydrogen) atoms. The summed E-state index contributed by atoms with van der Waals surface area (Å²) in [4.78, 5) is 0.742. The molecule has 5 heteroatoms. The Morgan fingerprint density at radius 3 is 2.79 bits per heavy atom. The van der Waals surface area contributed by atoms with Gasteiger partial charge in [0.2, 0.25) is 0 Å². The number of nitrogens with one attached hydrogen (secondary N) is 1. The van der Waals surface area contributed by atoms with Crippen LogP contribution in [0.25, 0.3) is 0 Å². The van der Waals surface area contributed by atoms with Crippen molar-refractivity contribution in [3.05, 3.63) is 47.9 Å². The Morgan fingerprint density at radius 1 is 1.26 bits per heavy atom. The minimum Gasteiger partial charge on any atom is -0.497 e. The molecule has 2 rings (SSSR count). The third-order valence-corrected chi connectivity index (χ3v) is 3.97. The summed E-state index contributed by atoms with van der Waals surface area (Å²) in [5, 5.41) is 3.01. The normalized spacial score (nSPS) is 12.3. The number of hydrogen-bond donors (Lipinski definition) is 1. The SMILES string of the molecule is CNCc1ccc(CS(=O)c2cccc(OC)c2)o1. The summed E-state index contributed by atoms with van der Waals surface area (Å²) in [5.74, 6) is 2.66. The molecule has 102 valence electrons. The average molecular weight is 279 g/mol. The summed E-state index contributed by atoms with van der Waals surface area (Å²) in [6.45, 7) is 0.672. The lowest BCUT2D eigenvalue weighted by atomic mass is 10.3. The molecule has 0 aliphatic carbocycles. The highest BCUT2D eigenvalue weighted by Gasteiger charge is 2.09. The number of methoxy groups -OCH3 is 1. The third-order valence-electron chi connectivity index (χ3n) is 2.65. The molecule has 0 radical (unpaired) electrons. The molecule has 1 atom stereocenters. The Morgan fingerprint density at radius 2 is 2.05 bits per heavy atom. The van der Waals surface area contributed by atoms with E-state index in [1.807, 2.05) is 37.4 Å². The van der Waals surface area contributed by atoms with Crippen LogP contribution in [0.3, 0.4) is 0 Å². The highest BCUT2D eigenvalue weighted by atomic mass is 32.2. The first kappa shape index (κ1) is 13.8. The minimum absolute atomic E-state index is 0.372. The molecular weight excluding hydrogens is 262 g/mol. The van der Waals surface area contributed by atoms with Gasteiger partial charge in [-0.15, -0.1) is 0 Å². The first-order valence-electron chi connectivity index (χ1n) is 5.97. The van der Waals surface area contributed by atoms with Gasteiger partial charge in [0.25, 0.3) is 0 Å². The molecule has 0 amide bonds. The Kier molecular flexibility index (Phi) is 4.76. The van der Waals surface area contributed by atoms with Crippen molar-refractivity contribution in [2.24, 2.45) is 0 Å². The first-order chi connectivity index (χ1) is 9.22. The monoisotopic (exact) mass is 279 g/mol. The van der Waals surface area contributed by atoms with Gasteiger partial charge in [-0.2, -0.15) is 0 Å². The van der Waals surface area contributed by atoms with Gasteiger partial charge < -0.3 is 14.5 Å². The molecule has 1 unspecified atom stereocenters. The number of benzene rings is 1. The maximum absolute atomic E-state index is 12.2. The van der Waals surface area contributed by atoms with Crippen LogP contribution in [0, 0.1) is 0 Å². The van der Waals surface area contributed by atoms with E-state index >= 15 is 0 Å². The smallest absolute Gasteiger partial charge is 0.120 e. The molecule has 0 aliphatic heterocycles. The summed E-state index contributed by atoms with van der Waals surface area (Å²) in [6, 6.07) is 11.0. The van der Waals surface area contributed by atoms with Gasteiger partial charge in [-0.25, -0.2) is 0 Å². The fourth-order valence-electron chi connectivity index (χ4n) is 1.72. The molecule has 1 N–H and O–H groups in total. The molecule has 1 aromatic heterocycles. The van der Waals surface area contributed by atoms with Crippen LogP contribution >= 0.6 is 0 Å². The van der Waals surface area contributed by atoms with Gasteiger partial charge in [0, 0.05) is 4.90 Å². The molecule has 0 fully saturated rings. The van der Waals surface area contributed by atoms with Gasteiger partial charge in [-0.1, -0.05) is 6.07 Å². The molecular formula is C14H17NO3S. The Balaban J connectivity index is 2.06. The predicted octanol–water partition coefficient (Wildman–Crippen LogP) is 2.32. The largest absolute Gasteiger partial charge is 0.497 e. The number of ether oxygens (including phenoxy) is 1. The van der Waals surface area contributed by atoms with Gasteiger partial charge in [0.15, 0.2) is 0 Å². The molecule has 1 aromatic carbocycles. The van der Waals surface area contributed by atoms with E-state index in [4.69, 9.17) is 9.15 Å². The third kappa shape index (κ3) is 3.68. The summed E-state index contributed by atoms with van der Waals surface area (Å²) in [6.07, 6.45) is 0. The zero-order chi connectivity index (χ0) is 13.7. The van der Waals surface area contributed by atoms with Crippen LogP contribution < -0.4 is 10.1 Å². The van der Waals surface area contributed by atoms with E-state index in [1.54, 1.807) is 13.2 Å². The van der Waals surface area contributed by atoms with E-state index < -0.39 is 10.8 Å². The average Bonchev–Trinajstić information content (AvgIpc) is 2.86. The fourth-order valence-corrected chi connectivity index (χ4v) is 2.78. The summed E-state index contributed by atoms with van der Waals surface area (Å²) in [7, 11) is 2.32. The maximum atomic E-state index is 12.2. The summed E-state index contributed by atoms with van der Waals surface area (Å²) >= 11 is 0. The van der Waals surface area contributed by atoms with Crippen molar-refractivity contribution in [3.63, 3.8) is 0 Å². The number of rotatable bonds is 6. The predicted molar refractivity (Wildman–Crippen MR) is 74.6 cm³/mol. The molecule has 1 heterocycles. The lowest BCUT2D eigenvalue weighted by molar-refractivity contribution is 0.413. The molecule has 0 aliphatic rings. The summed E-state index contributed by atoms with van der Waals surface area (Å²) in [5.41, 5.74) is 0. The van der Waals surface area contributed by atoms with Crippen LogP contribution in [-0.4, -0.2) is 18.4 Å². The van der Waals surface area contributed by atoms with Crippen molar-refractivity contribution in [1.29, 1.82) is 0 Å². The van der Waals surface area contributed by atoms with Crippen molar-refractivity contribution >= 4 is 10.8 Å². The van der Waals surface area contributed by atoms with E-state index in [0.29, 0.717) is 18.0 Å². The van der Waals surface area contributed by atoms with Gasteiger partial charge in [0.1, 0.15) is 17.3 Å². The summed E-state index contributed by atoms with van der Waals surface area (Å²) < 4.78 is 22.9. The molecule has 0 bridgehead atoms. The van der Waals surface area contributed by atoms with Gasteiger partial charge in [0.05, 0.1) is 30.2 Å². The van der Waals surface area contributed by atoms with Crippen LogP contribution in [0.4, 0.5) is 0 Å². The minimum atomic E-state index is -1.13. The second-order valence-electron chi connectivity index (χ2n) is 4.07. The lowest BCUT2D eigenvalue weighted by Crippen LogP contribution is -2.03. The second kappa shape index (κ2) is 6.54. The highest BCUT2D eigenvalue weighted by Crippen LogP contribution is 2.19. The van der Waals surface area contributed by atoms with Gasteiger partial charge >= 0.3 is 0 Å². The van der Waals surface area contributed by atoms with Crippen molar-refractivity contribution in [2.45, 2.75) is 17.2 Å². The fraction of sp³-hybridized carbons (Fsp3) is 0.286. The molecule has 0 saturated carbocycles. The van der Waals surface area contributed by atoms with Gasteiger partial charge in [-0.3, -0.25) is 4.21 Å². The molecule has 0 saturated heterocycles. The second-order valence-corrected chi connectivity index (χ2v) is 5.52. The van der Waals surface area contributed by atoms with Crippen LogP contribution in [0.15, 0.2) is 45.7 Å². The van der Waals surface area contributed by atoms with Crippen molar-refractivity contribution < 1.29 is 13.4 Å². The Hall–Kier alpha value is -1.59. The van der Waals surface area contributed by atoms with E-state index in [1.165, 1.54) is 0 Å². The van der Waals surface area contributed by atoms with Crippen molar-refractivity contribution in [2.75, 3.05) is 14.2 Å². The van der Waals surface area contributed by atoms with Crippen LogP contribution in [0.5, 0.6) is 5.75 Å². The van der Waals surface area contributed by atoms with E-state index in [-0.39, 0.29) is 0 Å². The number of furan rings is 1. The highest BCUT2D eigenvalue weighted by molar-refractivity contribution is 7.84. The lowest BCUT2D eigenvalue weighted by Gasteiger charge is -2.03. The van der Waals surface area contributed by atoms with E-state index in [9.17, 15) is 4.21 Å².